The maximum atomic E-state index is 11.2. The summed E-state index contributed by atoms with van der Waals surface area (Å²) in [6.07, 6.45) is 6.73. The van der Waals surface area contributed by atoms with Gasteiger partial charge in [0.25, 0.3) is 5.56 Å². The van der Waals surface area contributed by atoms with Gasteiger partial charge in [-0.3, -0.25) is 4.79 Å². The van der Waals surface area contributed by atoms with Crippen LogP contribution in [0.1, 0.15) is 0 Å². The summed E-state index contributed by atoms with van der Waals surface area (Å²) in [6.45, 7) is 0. The number of aromatic nitrogens is 5. The molecule has 3 aromatic rings. The summed E-state index contributed by atoms with van der Waals surface area (Å²) in [5.41, 5.74) is 1.22. The zero-order valence-corrected chi connectivity index (χ0v) is 7.66. The van der Waals surface area contributed by atoms with Gasteiger partial charge in [-0.25, -0.2) is 9.20 Å². The monoisotopic (exact) mass is 201 g/mol. The summed E-state index contributed by atoms with van der Waals surface area (Å²) >= 11 is 0. The predicted molar refractivity (Wildman–Crippen MR) is 52.9 cm³/mol. The summed E-state index contributed by atoms with van der Waals surface area (Å²) < 4.78 is 3.25. The second kappa shape index (κ2) is 2.81. The summed E-state index contributed by atoms with van der Waals surface area (Å²) in [5.74, 6) is 0. The van der Waals surface area contributed by atoms with Crippen LogP contribution in [0, 0.1) is 0 Å². The van der Waals surface area contributed by atoms with Gasteiger partial charge in [-0.1, -0.05) is 0 Å². The van der Waals surface area contributed by atoms with Gasteiger partial charge in [0, 0.05) is 24.7 Å². The minimum absolute atomic E-state index is 0.156. The third-order valence-corrected chi connectivity index (χ3v) is 2.14. The molecule has 0 bridgehead atoms. The minimum atomic E-state index is -0.156. The van der Waals surface area contributed by atoms with Gasteiger partial charge in [0.1, 0.15) is 5.69 Å². The number of H-pyrrole nitrogens is 1. The van der Waals surface area contributed by atoms with E-state index in [0.29, 0.717) is 5.65 Å². The van der Waals surface area contributed by atoms with Crippen LogP contribution in [0.2, 0.25) is 0 Å². The van der Waals surface area contributed by atoms with Crippen molar-refractivity contribution in [3.8, 4) is 5.69 Å². The van der Waals surface area contributed by atoms with Crippen molar-refractivity contribution in [1.82, 2.24) is 24.4 Å². The van der Waals surface area contributed by atoms with Gasteiger partial charge in [-0.2, -0.15) is 10.2 Å². The van der Waals surface area contributed by atoms with Gasteiger partial charge >= 0.3 is 0 Å². The van der Waals surface area contributed by atoms with Crippen molar-refractivity contribution >= 4 is 5.65 Å². The quantitative estimate of drug-likeness (QED) is 0.611. The van der Waals surface area contributed by atoms with E-state index in [-0.39, 0.29) is 5.56 Å². The molecule has 3 rings (SSSR count). The first-order valence-electron chi connectivity index (χ1n) is 4.41. The van der Waals surface area contributed by atoms with Gasteiger partial charge in [0.15, 0.2) is 5.65 Å². The molecule has 6 heteroatoms. The normalized spacial score (nSPS) is 10.9. The molecule has 6 nitrogen and oxygen atoms in total. The fourth-order valence-electron chi connectivity index (χ4n) is 1.46. The number of fused-ring (bicyclic) bond motifs is 1. The highest BCUT2D eigenvalue weighted by molar-refractivity contribution is 5.56. The van der Waals surface area contributed by atoms with Crippen LogP contribution in [0.3, 0.4) is 0 Å². The molecule has 0 spiro atoms. The van der Waals surface area contributed by atoms with E-state index in [1.165, 1.54) is 6.07 Å². The summed E-state index contributed by atoms with van der Waals surface area (Å²) in [6, 6.07) is 3.23. The van der Waals surface area contributed by atoms with Crippen LogP contribution >= 0.6 is 0 Å². The molecule has 0 saturated heterocycles. The third kappa shape index (κ3) is 1.15. The van der Waals surface area contributed by atoms with E-state index in [1.807, 2.05) is 6.07 Å². The molecule has 0 radical (unpaired) electrons. The lowest BCUT2D eigenvalue weighted by Crippen LogP contribution is -2.07. The second-order valence-corrected chi connectivity index (χ2v) is 3.08. The first kappa shape index (κ1) is 7.98. The Labute approximate surface area is 83.8 Å². The van der Waals surface area contributed by atoms with Crippen molar-refractivity contribution < 1.29 is 0 Å². The third-order valence-electron chi connectivity index (χ3n) is 2.14. The number of aromatic amines is 1. The average molecular weight is 201 g/mol. The number of nitrogens with zero attached hydrogens (tertiary/aromatic N) is 4. The molecule has 0 aromatic carbocycles. The average Bonchev–Trinajstić information content (AvgIpc) is 2.83. The van der Waals surface area contributed by atoms with Crippen LogP contribution in [0.25, 0.3) is 11.3 Å². The zero-order valence-electron chi connectivity index (χ0n) is 7.66. The van der Waals surface area contributed by atoms with E-state index in [9.17, 15) is 4.79 Å². The number of hydrogen-bond acceptors (Lipinski definition) is 3. The molecule has 0 aliphatic heterocycles. The highest BCUT2D eigenvalue weighted by atomic mass is 16.1. The first-order chi connectivity index (χ1) is 7.34. The highest BCUT2D eigenvalue weighted by Crippen LogP contribution is 2.09. The largest absolute Gasteiger partial charge is 0.305 e. The highest BCUT2D eigenvalue weighted by Gasteiger charge is 2.06. The van der Waals surface area contributed by atoms with Crippen LogP contribution in [0.5, 0.6) is 0 Å². The SMILES string of the molecule is O=c1ccn2ncc(-n3cccn3)c2[nH]1. The van der Waals surface area contributed by atoms with Crippen molar-refractivity contribution in [3.63, 3.8) is 0 Å². The lowest BCUT2D eigenvalue weighted by atomic mass is 10.5. The van der Waals surface area contributed by atoms with Crippen molar-refractivity contribution in [2.24, 2.45) is 0 Å². The smallest absolute Gasteiger partial charge is 0.251 e. The standard InChI is InChI=1S/C9H7N5O/c15-8-2-5-14-9(12-8)7(6-11-14)13-4-1-3-10-13/h1-6H,(H,12,15). The van der Waals surface area contributed by atoms with E-state index in [4.69, 9.17) is 0 Å². The Morgan fingerprint density at radius 2 is 2.20 bits per heavy atom. The molecular weight excluding hydrogens is 194 g/mol. The van der Waals surface area contributed by atoms with Gasteiger partial charge in [-0.05, 0) is 6.07 Å². The van der Waals surface area contributed by atoms with E-state index in [2.05, 4.69) is 15.2 Å². The van der Waals surface area contributed by atoms with Crippen molar-refractivity contribution in [2.45, 2.75) is 0 Å². The molecule has 0 saturated carbocycles. The van der Waals surface area contributed by atoms with Gasteiger partial charge in [0.2, 0.25) is 0 Å². The first-order valence-corrected chi connectivity index (χ1v) is 4.41. The van der Waals surface area contributed by atoms with Crippen LogP contribution in [0.15, 0.2) is 41.7 Å². The molecule has 0 fully saturated rings. The van der Waals surface area contributed by atoms with Crippen molar-refractivity contribution in [2.75, 3.05) is 0 Å². The zero-order chi connectivity index (χ0) is 10.3. The van der Waals surface area contributed by atoms with Gasteiger partial charge in [-0.15, -0.1) is 0 Å². The molecule has 0 amide bonds. The van der Waals surface area contributed by atoms with Gasteiger partial charge < -0.3 is 4.98 Å². The van der Waals surface area contributed by atoms with Crippen molar-refractivity contribution in [3.05, 3.63) is 47.3 Å². The lowest BCUT2D eigenvalue weighted by Gasteiger charge is -1.97. The Bertz CT molecular complexity index is 649. The Hall–Kier alpha value is -2.37. The Morgan fingerprint density at radius 3 is 3.00 bits per heavy atom. The molecule has 15 heavy (non-hydrogen) atoms. The summed E-state index contributed by atoms with van der Waals surface area (Å²) in [4.78, 5) is 13.9. The molecule has 74 valence electrons. The molecule has 3 aromatic heterocycles. The number of hydrogen-bond donors (Lipinski definition) is 1. The fourth-order valence-corrected chi connectivity index (χ4v) is 1.46. The Kier molecular flexibility index (Phi) is 1.49. The Balaban J connectivity index is 2.37. The van der Waals surface area contributed by atoms with Crippen LogP contribution in [0.4, 0.5) is 0 Å². The van der Waals surface area contributed by atoms with Crippen LogP contribution in [-0.4, -0.2) is 24.4 Å². The summed E-state index contributed by atoms with van der Waals surface area (Å²) in [7, 11) is 0. The van der Waals surface area contributed by atoms with E-state index >= 15 is 0 Å². The topological polar surface area (TPSA) is 68.0 Å². The minimum Gasteiger partial charge on any atom is -0.305 e. The fraction of sp³-hybridized carbons (Fsp3) is 0. The number of rotatable bonds is 1. The second-order valence-electron chi connectivity index (χ2n) is 3.08. The molecule has 0 aliphatic rings. The number of nitrogens with one attached hydrogen (secondary N) is 1. The van der Waals surface area contributed by atoms with E-state index in [1.54, 1.807) is 34.0 Å². The van der Waals surface area contributed by atoms with Crippen LogP contribution < -0.4 is 5.56 Å². The molecule has 1 N–H and O–H groups in total. The van der Waals surface area contributed by atoms with E-state index < -0.39 is 0 Å². The van der Waals surface area contributed by atoms with Crippen molar-refractivity contribution in [1.29, 1.82) is 0 Å². The van der Waals surface area contributed by atoms with Gasteiger partial charge in [0.05, 0.1) is 6.20 Å². The molecule has 0 aliphatic carbocycles. The van der Waals surface area contributed by atoms with Crippen LogP contribution in [-0.2, 0) is 0 Å². The molecule has 0 atom stereocenters. The predicted octanol–water partition coefficient (Wildman–Crippen LogP) is 0.208. The Morgan fingerprint density at radius 1 is 1.27 bits per heavy atom. The molecular formula is C9H7N5O. The summed E-state index contributed by atoms with van der Waals surface area (Å²) in [5, 5.41) is 8.18. The maximum absolute atomic E-state index is 11.2. The lowest BCUT2D eigenvalue weighted by molar-refractivity contribution is 0.883. The maximum Gasteiger partial charge on any atom is 0.251 e. The molecule has 0 unspecified atom stereocenters. The van der Waals surface area contributed by atoms with E-state index in [0.717, 1.165) is 5.69 Å². The molecule has 3 heterocycles.